The van der Waals surface area contributed by atoms with E-state index in [-0.39, 0.29) is 6.61 Å². The normalized spacial score (nSPS) is 11.3. The van der Waals surface area contributed by atoms with Crippen molar-refractivity contribution in [1.29, 1.82) is 0 Å². The van der Waals surface area contributed by atoms with E-state index in [0.29, 0.717) is 18.8 Å². The summed E-state index contributed by atoms with van der Waals surface area (Å²) in [5.74, 6) is 0.704. The number of nitrogens with zero attached hydrogens (tertiary/aromatic N) is 3. The lowest BCUT2D eigenvalue weighted by molar-refractivity contribution is -0.685. The van der Waals surface area contributed by atoms with Gasteiger partial charge in [-0.05, 0) is 38.5 Å². The van der Waals surface area contributed by atoms with Crippen LogP contribution in [0.4, 0.5) is 5.82 Å². The monoisotopic (exact) mass is 311 g/mol. The minimum absolute atomic E-state index is 0.146. The Kier molecular flexibility index (Phi) is 4.05. The van der Waals surface area contributed by atoms with E-state index < -0.39 is 0 Å². The SMILES string of the molecule is Cc1ccc(-n2c(C)c(C)c3c(N)[n+](CCCO)cnc32)cc1. The average Bonchev–Trinajstić information content (AvgIpc) is 2.80. The highest BCUT2D eigenvalue weighted by molar-refractivity contribution is 5.90. The fourth-order valence-corrected chi connectivity index (χ4v) is 2.98. The Balaban J connectivity index is 2.22. The highest BCUT2D eigenvalue weighted by Crippen LogP contribution is 2.29. The smallest absolute Gasteiger partial charge is 0.232 e. The summed E-state index contributed by atoms with van der Waals surface area (Å²) in [5.41, 5.74) is 11.9. The van der Waals surface area contributed by atoms with E-state index in [2.05, 4.69) is 54.6 Å². The topological polar surface area (TPSA) is 68.0 Å². The third-order valence-corrected chi connectivity index (χ3v) is 4.42. The van der Waals surface area contributed by atoms with Gasteiger partial charge in [-0.2, -0.15) is 0 Å². The lowest BCUT2D eigenvalue weighted by Gasteiger charge is -2.07. The van der Waals surface area contributed by atoms with Gasteiger partial charge in [0.15, 0.2) is 0 Å². The molecule has 0 unspecified atom stereocenters. The third kappa shape index (κ3) is 2.57. The van der Waals surface area contributed by atoms with E-state index in [1.54, 1.807) is 6.33 Å². The van der Waals surface area contributed by atoms with Crippen LogP contribution < -0.4 is 10.3 Å². The van der Waals surface area contributed by atoms with Crippen LogP contribution in [0.3, 0.4) is 0 Å². The van der Waals surface area contributed by atoms with Crippen molar-refractivity contribution in [2.45, 2.75) is 33.7 Å². The third-order valence-electron chi connectivity index (χ3n) is 4.42. The van der Waals surface area contributed by atoms with Crippen molar-refractivity contribution in [3.05, 3.63) is 47.4 Å². The number of anilines is 1. The van der Waals surface area contributed by atoms with Gasteiger partial charge in [0, 0.05) is 24.4 Å². The summed E-state index contributed by atoms with van der Waals surface area (Å²) in [5, 5.41) is 10.0. The molecule has 1 aromatic carbocycles. The fourth-order valence-electron chi connectivity index (χ4n) is 2.98. The van der Waals surface area contributed by atoms with Crippen molar-refractivity contribution in [3.63, 3.8) is 0 Å². The quantitative estimate of drug-likeness (QED) is 0.726. The molecule has 0 saturated carbocycles. The molecule has 0 saturated heterocycles. The molecule has 0 bridgehead atoms. The van der Waals surface area contributed by atoms with E-state index in [0.717, 1.165) is 28.0 Å². The van der Waals surface area contributed by atoms with Crippen molar-refractivity contribution >= 4 is 16.9 Å². The predicted molar refractivity (Wildman–Crippen MR) is 91.6 cm³/mol. The number of benzene rings is 1. The number of nitrogens with two attached hydrogens (primary N) is 1. The number of fused-ring (bicyclic) bond motifs is 1. The second kappa shape index (κ2) is 6.01. The Morgan fingerprint density at radius 3 is 2.52 bits per heavy atom. The van der Waals surface area contributed by atoms with Gasteiger partial charge in [-0.15, -0.1) is 0 Å². The van der Waals surface area contributed by atoms with Gasteiger partial charge < -0.3 is 10.8 Å². The first-order valence-corrected chi connectivity index (χ1v) is 7.88. The summed E-state index contributed by atoms with van der Waals surface area (Å²) < 4.78 is 4.06. The molecular formula is C18H23N4O+. The maximum Gasteiger partial charge on any atom is 0.232 e. The second-order valence-electron chi connectivity index (χ2n) is 5.98. The molecule has 5 nitrogen and oxygen atoms in total. The lowest BCUT2D eigenvalue weighted by atomic mass is 10.2. The molecule has 2 aromatic heterocycles. The highest BCUT2D eigenvalue weighted by Gasteiger charge is 2.21. The van der Waals surface area contributed by atoms with Crippen molar-refractivity contribution in [1.82, 2.24) is 9.55 Å². The molecule has 0 atom stereocenters. The molecule has 3 N–H and O–H groups in total. The predicted octanol–water partition coefficient (Wildman–Crippen LogP) is 2.20. The van der Waals surface area contributed by atoms with Crippen LogP contribution in [-0.2, 0) is 6.54 Å². The average molecular weight is 311 g/mol. The Bertz CT molecular complexity index is 850. The van der Waals surface area contributed by atoms with E-state index in [1.165, 1.54) is 5.56 Å². The number of hydrogen-bond donors (Lipinski definition) is 2. The molecule has 23 heavy (non-hydrogen) atoms. The van der Waals surface area contributed by atoms with E-state index in [4.69, 9.17) is 10.8 Å². The number of hydrogen-bond acceptors (Lipinski definition) is 3. The van der Waals surface area contributed by atoms with E-state index in [9.17, 15) is 0 Å². The maximum atomic E-state index is 9.03. The molecule has 0 aliphatic carbocycles. The zero-order valence-corrected chi connectivity index (χ0v) is 13.9. The fraction of sp³-hybridized carbons (Fsp3) is 0.333. The number of aromatic nitrogens is 3. The van der Waals surface area contributed by atoms with Gasteiger partial charge in [0.05, 0.1) is 6.54 Å². The van der Waals surface area contributed by atoms with Crippen LogP contribution >= 0.6 is 0 Å². The van der Waals surface area contributed by atoms with Crippen molar-refractivity contribution in [2.75, 3.05) is 12.3 Å². The Labute approximate surface area is 136 Å². The largest absolute Gasteiger partial charge is 0.396 e. The minimum atomic E-state index is 0.146. The molecule has 0 amide bonds. The van der Waals surface area contributed by atoms with Crippen molar-refractivity contribution in [2.24, 2.45) is 0 Å². The summed E-state index contributed by atoms with van der Waals surface area (Å²) in [4.78, 5) is 4.64. The van der Waals surface area contributed by atoms with Crippen LogP contribution in [0.25, 0.3) is 16.7 Å². The molecule has 5 heteroatoms. The second-order valence-corrected chi connectivity index (χ2v) is 5.98. The molecule has 120 valence electrons. The number of rotatable bonds is 4. The van der Waals surface area contributed by atoms with Crippen LogP contribution in [-0.4, -0.2) is 21.3 Å². The van der Waals surface area contributed by atoms with Crippen LogP contribution in [0.5, 0.6) is 0 Å². The first kappa shape index (κ1) is 15.5. The lowest BCUT2D eigenvalue weighted by Crippen LogP contribution is -2.38. The Hall–Kier alpha value is -2.40. The Morgan fingerprint density at radius 1 is 1.17 bits per heavy atom. The number of aliphatic hydroxyl groups excluding tert-OH is 1. The zero-order chi connectivity index (χ0) is 16.6. The number of aliphatic hydroxyl groups is 1. The molecule has 0 radical (unpaired) electrons. The van der Waals surface area contributed by atoms with E-state index >= 15 is 0 Å². The van der Waals surface area contributed by atoms with Crippen LogP contribution in [0.1, 0.15) is 23.2 Å². The van der Waals surface area contributed by atoms with Crippen LogP contribution in [0.15, 0.2) is 30.6 Å². The summed E-state index contributed by atoms with van der Waals surface area (Å²) >= 11 is 0. The summed E-state index contributed by atoms with van der Waals surface area (Å²) in [6.45, 7) is 7.06. The van der Waals surface area contributed by atoms with Gasteiger partial charge in [0.2, 0.25) is 17.8 Å². The molecule has 0 spiro atoms. The summed E-state index contributed by atoms with van der Waals surface area (Å²) in [6.07, 6.45) is 2.43. The Morgan fingerprint density at radius 2 is 1.87 bits per heavy atom. The van der Waals surface area contributed by atoms with Crippen molar-refractivity contribution < 1.29 is 9.67 Å². The molecule has 3 rings (SSSR count). The van der Waals surface area contributed by atoms with Gasteiger partial charge in [0.25, 0.3) is 0 Å². The molecular weight excluding hydrogens is 288 g/mol. The van der Waals surface area contributed by atoms with Crippen LogP contribution in [0, 0.1) is 20.8 Å². The highest BCUT2D eigenvalue weighted by atomic mass is 16.3. The van der Waals surface area contributed by atoms with Crippen LogP contribution in [0.2, 0.25) is 0 Å². The molecule has 0 aliphatic rings. The summed E-state index contributed by atoms with van der Waals surface area (Å²) in [7, 11) is 0. The van der Waals surface area contributed by atoms with Crippen molar-refractivity contribution in [3.8, 4) is 5.69 Å². The molecule has 0 fully saturated rings. The number of nitrogen functional groups attached to an aromatic ring is 1. The van der Waals surface area contributed by atoms with E-state index in [1.807, 2.05) is 4.57 Å². The molecule has 0 aliphatic heterocycles. The van der Waals surface area contributed by atoms with Gasteiger partial charge in [0.1, 0.15) is 5.39 Å². The summed E-state index contributed by atoms with van der Waals surface area (Å²) in [6, 6.07) is 8.41. The molecule has 2 heterocycles. The first-order chi connectivity index (χ1) is 11.0. The van der Waals surface area contributed by atoms with Gasteiger partial charge in [-0.1, -0.05) is 22.7 Å². The standard InChI is InChI=1S/C18H22N4O/c1-12-5-7-15(8-6-12)22-14(3)13(2)16-17(19)21(9-4-10-23)11-20-18(16)22/h5-8,11,19,23H,4,9-10H2,1-3H3/p+1. The number of aryl methyl sites for hydroxylation is 3. The van der Waals surface area contributed by atoms with Gasteiger partial charge in [-0.25, -0.2) is 4.57 Å². The zero-order valence-electron chi connectivity index (χ0n) is 13.9. The van der Waals surface area contributed by atoms with Gasteiger partial charge in [-0.3, -0.25) is 4.57 Å². The molecule has 3 aromatic rings. The minimum Gasteiger partial charge on any atom is -0.396 e. The van der Waals surface area contributed by atoms with Gasteiger partial charge >= 0.3 is 0 Å². The first-order valence-electron chi connectivity index (χ1n) is 7.88. The maximum absolute atomic E-state index is 9.03.